The van der Waals surface area contributed by atoms with Gasteiger partial charge < -0.3 is 9.84 Å². The molecule has 0 unspecified atom stereocenters. The van der Waals surface area contributed by atoms with Gasteiger partial charge in [0.2, 0.25) is 15.9 Å². The Bertz CT molecular complexity index is 697. The average molecular weight is 310 g/mol. The molecule has 0 atom stereocenters. The predicted octanol–water partition coefficient (Wildman–Crippen LogP) is 0.966. The van der Waals surface area contributed by atoms with Crippen LogP contribution in [-0.2, 0) is 23.1 Å². The number of sulfonamides is 1. The number of aromatic nitrogens is 2. The van der Waals surface area contributed by atoms with Crippen molar-refractivity contribution in [2.24, 2.45) is 0 Å². The smallest absolute Gasteiger partial charge is 0.241 e. The molecule has 0 aliphatic carbocycles. The topological polar surface area (TPSA) is 97.1 Å². The van der Waals surface area contributed by atoms with Gasteiger partial charge in [-0.15, -0.1) is 0 Å². The zero-order chi connectivity index (χ0) is 15.3. The van der Waals surface area contributed by atoms with Crippen LogP contribution in [0.3, 0.4) is 0 Å². The quantitative estimate of drug-likeness (QED) is 0.791. The van der Waals surface area contributed by atoms with Gasteiger partial charge in [-0.1, -0.05) is 24.2 Å². The van der Waals surface area contributed by atoms with Crippen LogP contribution >= 0.6 is 0 Å². The molecular weight excluding hydrogens is 292 g/mol. The van der Waals surface area contributed by atoms with Gasteiger partial charge >= 0.3 is 0 Å². The highest BCUT2D eigenvalue weighted by Crippen LogP contribution is 2.12. The molecule has 2 aromatic rings. The van der Waals surface area contributed by atoms with E-state index in [1.54, 1.807) is 25.1 Å². The molecule has 21 heavy (non-hydrogen) atoms. The molecule has 1 aromatic heterocycles. The normalized spacial score (nSPS) is 11.7. The van der Waals surface area contributed by atoms with Gasteiger partial charge in [0.15, 0.2) is 5.82 Å². The Labute approximate surface area is 123 Å². The van der Waals surface area contributed by atoms with Crippen molar-refractivity contribution < 1.29 is 12.9 Å². The maximum atomic E-state index is 12.2. The first-order valence-electron chi connectivity index (χ1n) is 6.60. The summed E-state index contributed by atoms with van der Waals surface area (Å²) in [7, 11) is -3.60. The molecule has 0 saturated carbocycles. The molecule has 114 valence electrons. The summed E-state index contributed by atoms with van der Waals surface area (Å²) < 4.78 is 31.8. The van der Waals surface area contributed by atoms with E-state index in [9.17, 15) is 8.42 Å². The lowest BCUT2D eigenvalue weighted by Crippen LogP contribution is -2.23. The molecule has 0 spiro atoms. The molecule has 0 fully saturated rings. The number of rotatable bonds is 7. The van der Waals surface area contributed by atoms with E-state index in [4.69, 9.17) is 4.52 Å². The molecule has 0 saturated heterocycles. The minimum Gasteiger partial charge on any atom is -0.338 e. The van der Waals surface area contributed by atoms with Crippen LogP contribution in [0.5, 0.6) is 0 Å². The molecule has 0 amide bonds. The van der Waals surface area contributed by atoms with Gasteiger partial charge in [0.05, 0.1) is 11.4 Å². The third-order valence-electron chi connectivity index (χ3n) is 2.77. The van der Waals surface area contributed by atoms with Crippen molar-refractivity contribution in [2.75, 3.05) is 6.54 Å². The summed E-state index contributed by atoms with van der Waals surface area (Å²) >= 11 is 0. The second-order valence-corrected chi connectivity index (χ2v) is 6.25. The van der Waals surface area contributed by atoms with Crippen molar-refractivity contribution in [1.29, 1.82) is 0 Å². The van der Waals surface area contributed by atoms with Gasteiger partial charge in [-0.3, -0.25) is 0 Å². The molecule has 0 radical (unpaired) electrons. The summed E-state index contributed by atoms with van der Waals surface area (Å²) in [6, 6.07) is 6.79. The van der Waals surface area contributed by atoms with E-state index in [2.05, 4.69) is 20.2 Å². The highest BCUT2D eigenvalue weighted by atomic mass is 32.2. The van der Waals surface area contributed by atoms with Gasteiger partial charge in [0, 0.05) is 6.54 Å². The summed E-state index contributed by atoms with van der Waals surface area (Å²) in [4.78, 5) is 4.17. The minimum atomic E-state index is -3.60. The Balaban J connectivity index is 2.08. The van der Waals surface area contributed by atoms with Crippen molar-refractivity contribution >= 4 is 10.0 Å². The second-order valence-electron chi connectivity index (χ2n) is 4.49. The van der Waals surface area contributed by atoms with Crippen LogP contribution < -0.4 is 10.0 Å². The van der Waals surface area contributed by atoms with Crippen LogP contribution in [0.25, 0.3) is 0 Å². The highest BCUT2D eigenvalue weighted by Gasteiger charge is 2.15. The number of aryl methyl sites for hydroxylation is 1. The first-order chi connectivity index (χ1) is 10.0. The first-order valence-corrected chi connectivity index (χ1v) is 8.08. The molecule has 2 rings (SSSR count). The minimum absolute atomic E-state index is 0.0272. The molecule has 8 heteroatoms. The number of hydrogen-bond donors (Lipinski definition) is 2. The zero-order valence-corrected chi connectivity index (χ0v) is 12.8. The van der Waals surface area contributed by atoms with Crippen LogP contribution in [0.1, 0.15) is 24.2 Å². The fourth-order valence-corrected chi connectivity index (χ4v) is 2.79. The van der Waals surface area contributed by atoms with E-state index in [1.807, 2.05) is 13.0 Å². The Kier molecular flexibility index (Phi) is 5.05. The molecule has 0 aliphatic heterocycles. The van der Waals surface area contributed by atoms with Crippen LogP contribution in [-0.4, -0.2) is 25.1 Å². The lowest BCUT2D eigenvalue weighted by Gasteiger charge is -2.07. The summed E-state index contributed by atoms with van der Waals surface area (Å²) in [5, 5.41) is 6.76. The lowest BCUT2D eigenvalue weighted by molar-refractivity contribution is 0.372. The summed E-state index contributed by atoms with van der Waals surface area (Å²) in [6.45, 7) is 5.09. The van der Waals surface area contributed by atoms with Gasteiger partial charge in [-0.25, -0.2) is 13.1 Å². The maximum absolute atomic E-state index is 12.2. The Morgan fingerprint density at radius 2 is 2.10 bits per heavy atom. The second kappa shape index (κ2) is 6.79. The van der Waals surface area contributed by atoms with Gasteiger partial charge in [-0.2, -0.15) is 4.98 Å². The van der Waals surface area contributed by atoms with E-state index >= 15 is 0 Å². The third-order valence-corrected chi connectivity index (χ3v) is 4.17. The molecular formula is C13H18N4O3S. The molecule has 0 bridgehead atoms. The summed E-state index contributed by atoms with van der Waals surface area (Å²) in [5.74, 6) is 0.705. The standard InChI is InChI=1S/C13H18N4O3S/c1-3-14-8-11-5-4-6-12(7-11)21(18,19)15-9-13-16-10(2)17-20-13/h4-7,14-15H,3,8-9H2,1-2H3. The van der Waals surface area contributed by atoms with Crippen molar-refractivity contribution in [3.63, 3.8) is 0 Å². The Morgan fingerprint density at radius 1 is 1.29 bits per heavy atom. The number of nitrogens with zero attached hydrogens (tertiary/aromatic N) is 2. The van der Waals surface area contributed by atoms with Crippen LogP contribution in [0.2, 0.25) is 0 Å². The van der Waals surface area contributed by atoms with Gasteiger partial charge in [0.25, 0.3) is 0 Å². The summed E-state index contributed by atoms with van der Waals surface area (Å²) in [5.41, 5.74) is 0.911. The molecule has 2 N–H and O–H groups in total. The molecule has 0 aliphatic rings. The van der Waals surface area contributed by atoms with Crippen LogP contribution in [0.15, 0.2) is 33.7 Å². The number of benzene rings is 1. The summed E-state index contributed by atoms with van der Waals surface area (Å²) in [6.07, 6.45) is 0. The largest absolute Gasteiger partial charge is 0.338 e. The Morgan fingerprint density at radius 3 is 2.76 bits per heavy atom. The zero-order valence-electron chi connectivity index (χ0n) is 12.0. The van der Waals surface area contributed by atoms with Gasteiger partial charge in [-0.05, 0) is 31.2 Å². The van der Waals surface area contributed by atoms with Crippen molar-refractivity contribution in [1.82, 2.24) is 20.2 Å². The molecule has 7 nitrogen and oxygen atoms in total. The van der Waals surface area contributed by atoms with E-state index in [0.717, 1.165) is 12.1 Å². The van der Waals surface area contributed by atoms with E-state index < -0.39 is 10.0 Å². The average Bonchev–Trinajstić information content (AvgIpc) is 2.89. The van der Waals surface area contributed by atoms with Crippen LogP contribution in [0, 0.1) is 6.92 Å². The van der Waals surface area contributed by atoms with Crippen molar-refractivity contribution in [3.05, 3.63) is 41.5 Å². The fraction of sp³-hybridized carbons (Fsp3) is 0.385. The van der Waals surface area contributed by atoms with E-state index in [-0.39, 0.29) is 17.3 Å². The number of hydrogen-bond acceptors (Lipinski definition) is 6. The molecule has 1 heterocycles. The van der Waals surface area contributed by atoms with Crippen molar-refractivity contribution in [3.8, 4) is 0 Å². The fourth-order valence-electron chi connectivity index (χ4n) is 1.74. The maximum Gasteiger partial charge on any atom is 0.241 e. The third kappa shape index (κ3) is 4.35. The van der Waals surface area contributed by atoms with Gasteiger partial charge in [0.1, 0.15) is 0 Å². The highest BCUT2D eigenvalue weighted by molar-refractivity contribution is 7.89. The monoisotopic (exact) mass is 310 g/mol. The SMILES string of the molecule is CCNCc1cccc(S(=O)(=O)NCc2nc(C)no2)c1. The van der Waals surface area contributed by atoms with Crippen molar-refractivity contribution in [2.45, 2.75) is 31.8 Å². The van der Waals surface area contributed by atoms with E-state index in [1.165, 1.54) is 0 Å². The molecule has 1 aromatic carbocycles. The lowest BCUT2D eigenvalue weighted by atomic mass is 10.2. The van der Waals surface area contributed by atoms with E-state index in [0.29, 0.717) is 12.4 Å². The first kappa shape index (κ1) is 15.6. The van der Waals surface area contributed by atoms with Crippen LogP contribution in [0.4, 0.5) is 0 Å². The number of nitrogens with one attached hydrogen (secondary N) is 2. The Hall–Kier alpha value is -1.77. The predicted molar refractivity (Wildman–Crippen MR) is 76.9 cm³/mol.